The number of carboxylic acid groups (broad SMARTS) is 1. The first kappa shape index (κ1) is 30.4. The lowest BCUT2D eigenvalue weighted by atomic mass is 9.45. The fourth-order valence-corrected chi connectivity index (χ4v) is 10.4. The highest BCUT2D eigenvalue weighted by molar-refractivity contribution is 5.91. The third-order valence-corrected chi connectivity index (χ3v) is 12.6. The van der Waals surface area contributed by atoms with E-state index in [2.05, 4.69) is 19.1 Å². The van der Waals surface area contributed by atoms with E-state index >= 15 is 0 Å². The average molecular weight is 587 g/mol. The number of carbonyl (C=O) groups is 2. The Bertz CT molecular complexity index is 1290. The normalized spacial score (nSPS) is 32.1. The third-order valence-electron chi connectivity index (χ3n) is 12.6. The lowest BCUT2D eigenvalue weighted by Crippen LogP contribution is -2.54. The number of benzene rings is 2. The van der Waals surface area contributed by atoms with Gasteiger partial charge in [0.15, 0.2) is 0 Å². The molecular weight excluding hydrogens is 536 g/mol. The minimum Gasteiger partial charge on any atom is -0.481 e. The van der Waals surface area contributed by atoms with Crippen LogP contribution in [0.3, 0.4) is 0 Å². The summed E-state index contributed by atoms with van der Waals surface area (Å²) in [4.78, 5) is 23.5. The summed E-state index contributed by atoms with van der Waals surface area (Å²) in [5.41, 5.74) is 3.17. The molecule has 2 N–H and O–H groups in total. The summed E-state index contributed by atoms with van der Waals surface area (Å²) in [7, 11) is 0. The lowest BCUT2D eigenvalue weighted by Gasteiger charge is -2.59. The van der Waals surface area contributed by atoms with Crippen molar-refractivity contribution in [2.75, 3.05) is 0 Å². The fraction of sp³-hybridized carbons (Fsp3) is 0.632. The Kier molecular flexibility index (Phi) is 8.75. The van der Waals surface area contributed by atoms with Crippen molar-refractivity contribution in [2.45, 2.75) is 128 Å². The van der Waals surface area contributed by atoms with Gasteiger partial charge in [-0.25, -0.2) is 4.79 Å². The van der Waals surface area contributed by atoms with E-state index in [1.165, 1.54) is 62.5 Å². The number of aliphatic hydroxyl groups is 1. The zero-order chi connectivity index (χ0) is 30.1. The van der Waals surface area contributed by atoms with E-state index in [0.29, 0.717) is 35.5 Å². The molecule has 3 saturated carbocycles. The highest BCUT2D eigenvalue weighted by Gasteiger charge is 2.74. The Balaban J connectivity index is 1.15. The summed E-state index contributed by atoms with van der Waals surface area (Å²) in [6.07, 6.45) is 18.2. The summed E-state index contributed by atoms with van der Waals surface area (Å²) >= 11 is 0. The van der Waals surface area contributed by atoms with Crippen LogP contribution in [0.5, 0.6) is 5.75 Å². The van der Waals surface area contributed by atoms with Gasteiger partial charge in [0.05, 0.1) is 11.2 Å². The Hall–Kier alpha value is -2.66. The zero-order valence-electron chi connectivity index (χ0n) is 26.0. The molecule has 0 spiro atoms. The highest BCUT2D eigenvalue weighted by atomic mass is 16.5. The highest BCUT2D eigenvalue weighted by Crippen LogP contribution is 2.78. The molecule has 6 rings (SSSR count). The number of fused-ring (bicyclic) bond motifs is 3. The van der Waals surface area contributed by atoms with Crippen LogP contribution in [-0.4, -0.2) is 27.8 Å². The van der Waals surface area contributed by atoms with Gasteiger partial charge in [0, 0.05) is 11.8 Å². The SMILES string of the molecule is C[C@]12CCC3c4ccc(OC(=O)c5ccccc5)cc4C[C@@H](CCCCCCCCCCC(=O)O)C3C13CCC2(O)CC3. The van der Waals surface area contributed by atoms with Gasteiger partial charge in [0.25, 0.3) is 0 Å². The van der Waals surface area contributed by atoms with E-state index in [4.69, 9.17) is 9.84 Å². The Morgan fingerprint density at radius 3 is 2.23 bits per heavy atom. The molecule has 4 aliphatic rings. The van der Waals surface area contributed by atoms with Gasteiger partial charge in [-0.15, -0.1) is 0 Å². The van der Waals surface area contributed by atoms with Crippen molar-refractivity contribution in [3.63, 3.8) is 0 Å². The van der Waals surface area contributed by atoms with Crippen LogP contribution >= 0.6 is 0 Å². The molecule has 2 aromatic carbocycles. The molecule has 43 heavy (non-hydrogen) atoms. The van der Waals surface area contributed by atoms with Gasteiger partial charge in [-0.3, -0.25) is 4.79 Å². The predicted molar refractivity (Wildman–Crippen MR) is 168 cm³/mol. The van der Waals surface area contributed by atoms with Crippen LogP contribution in [0.15, 0.2) is 48.5 Å². The molecule has 0 heterocycles. The predicted octanol–water partition coefficient (Wildman–Crippen LogP) is 8.87. The number of aliphatic carboxylic acids is 1. The van der Waals surface area contributed by atoms with Gasteiger partial charge in [-0.1, -0.05) is 76.1 Å². The van der Waals surface area contributed by atoms with Crippen LogP contribution in [-0.2, 0) is 11.2 Å². The van der Waals surface area contributed by atoms with E-state index in [9.17, 15) is 14.7 Å². The Labute approximate surface area is 257 Å². The summed E-state index contributed by atoms with van der Waals surface area (Å²) in [5, 5.41) is 20.6. The van der Waals surface area contributed by atoms with Crippen LogP contribution < -0.4 is 4.74 Å². The smallest absolute Gasteiger partial charge is 0.343 e. The van der Waals surface area contributed by atoms with Gasteiger partial charge < -0.3 is 14.9 Å². The maximum absolute atomic E-state index is 12.8. The molecule has 0 aliphatic heterocycles. The number of esters is 1. The fourth-order valence-electron chi connectivity index (χ4n) is 10.4. The van der Waals surface area contributed by atoms with Crippen LogP contribution in [0, 0.1) is 22.7 Å². The van der Waals surface area contributed by atoms with Gasteiger partial charge in [-0.2, -0.15) is 0 Å². The van der Waals surface area contributed by atoms with Crippen molar-refractivity contribution in [2.24, 2.45) is 22.7 Å². The quantitative estimate of drug-likeness (QED) is 0.139. The molecule has 4 aliphatic carbocycles. The monoisotopic (exact) mass is 586 g/mol. The number of unbranched alkanes of at least 4 members (excludes halogenated alkanes) is 7. The van der Waals surface area contributed by atoms with E-state index in [-0.39, 0.29) is 16.8 Å². The van der Waals surface area contributed by atoms with Crippen molar-refractivity contribution >= 4 is 11.9 Å². The van der Waals surface area contributed by atoms with Gasteiger partial charge in [0.1, 0.15) is 5.75 Å². The van der Waals surface area contributed by atoms with E-state index in [1.54, 1.807) is 12.1 Å². The molecule has 2 unspecified atom stereocenters. The summed E-state index contributed by atoms with van der Waals surface area (Å²) < 4.78 is 5.86. The first-order valence-electron chi connectivity index (χ1n) is 17.1. The first-order valence-corrected chi connectivity index (χ1v) is 17.1. The second-order valence-electron chi connectivity index (χ2n) is 14.5. The molecule has 232 valence electrons. The second kappa shape index (κ2) is 12.4. The van der Waals surface area contributed by atoms with Gasteiger partial charge in [-0.05, 0) is 116 Å². The number of ether oxygens (including phenoxy) is 1. The van der Waals surface area contributed by atoms with Crippen molar-refractivity contribution in [3.8, 4) is 5.75 Å². The van der Waals surface area contributed by atoms with Crippen molar-refractivity contribution in [3.05, 3.63) is 65.2 Å². The van der Waals surface area contributed by atoms with E-state index in [1.807, 2.05) is 24.3 Å². The molecule has 0 amide bonds. The lowest BCUT2D eigenvalue weighted by molar-refractivity contribution is -0.137. The largest absolute Gasteiger partial charge is 0.481 e. The molecule has 0 aromatic heterocycles. The molecule has 5 heteroatoms. The maximum atomic E-state index is 12.8. The van der Waals surface area contributed by atoms with Gasteiger partial charge in [0.2, 0.25) is 0 Å². The number of rotatable bonds is 13. The average Bonchev–Trinajstić information content (AvgIpc) is 3.38. The minimum atomic E-state index is -0.685. The number of hydrogen-bond acceptors (Lipinski definition) is 4. The Morgan fingerprint density at radius 2 is 1.53 bits per heavy atom. The molecular formula is C38H50O5. The van der Waals surface area contributed by atoms with Crippen LogP contribution in [0.25, 0.3) is 0 Å². The van der Waals surface area contributed by atoms with Crippen LogP contribution in [0.4, 0.5) is 0 Å². The van der Waals surface area contributed by atoms with E-state index in [0.717, 1.165) is 51.4 Å². The Morgan fingerprint density at radius 1 is 0.860 bits per heavy atom. The van der Waals surface area contributed by atoms with Crippen molar-refractivity contribution in [1.82, 2.24) is 0 Å². The molecule has 2 bridgehead atoms. The van der Waals surface area contributed by atoms with Gasteiger partial charge >= 0.3 is 11.9 Å². The molecule has 0 radical (unpaired) electrons. The topological polar surface area (TPSA) is 83.8 Å². The zero-order valence-corrected chi connectivity index (χ0v) is 26.0. The maximum Gasteiger partial charge on any atom is 0.343 e. The molecule has 5 nitrogen and oxygen atoms in total. The number of hydrogen-bond donors (Lipinski definition) is 2. The minimum absolute atomic E-state index is 0.0305. The third kappa shape index (κ3) is 5.56. The molecule has 0 saturated heterocycles. The molecule has 2 aromatic rings. The molecule has 4 atom stereocenters. The number of carbonyl (C=O) groups excluding carboxylic acids is 1. The summed E-state index contributed by atoms with van der Waals surface area (Å²) in [5.74, 6) is 1.37. The number of carboxylic acids is 1. The second-order valence-corrected chi connectivity index (χ2v) is 14.5. The first-order chi connectivity index (χ1) is 20.8. The summed E-state index contributed by atoms with van der Waals surface area (Å²) in [6, 6.07) is 15.6. The standard InChI is InChI=1S/C38H50O5/c1-36-20-19-32-31-18-17-30(43-35(41)27-13-10-8-11-14-27)26-29(31)25-28(34(32)37(36)21-23-38(36,42)24-22-37)15-9-6-4-2-3-5-7-12-16-33(39)40/h8,10-11,13-14,17-18,26,28,32,34,42H,2-7,9,12,15-16,19-25H2,1H3,(H,39,40)/t28-,32?,34?,36+,37?,38?/m1/s1. The van der Waals surface area contributed by atoms with Crippen LogP contribution in [0.2, 0.25) is 0 Å². The van der Waals surface area contributed by atoms with Crippen LogP contribution in [0.1, 0.15) is 137 Å². The van der Waals surface area contributed by atoms with E-state index < -0.39 is 11.6 Å². The van der Waals surface area contributed by atoms with Crippen molar-refractivity contribution < 1.29 is 24.5 Å². The molecule has 3 fully saturated rings. The summed E-state index contributed by atoms with van der Waals surface area (Å²) in [6.45, 7) is 2.43. The van der Waals surface area contributed by atoms with Crippen molar-refractivity contribution in [1.29, 1.82) is 0 Å².